The van der Waals surface area contributed by atoms with Crippen LogP contribution in [0.5, 0.6) is 0 Å². The number of carboxylic acid groups (broad SMARTS) is 1. The number of carbonyl (C=O) groups excluding carboxylic acids is 1. The first-order valence-electron chi connectivity index (χ1n) is 2.58. The highest BCUT2D eigenvalue weighted by molar-refractivity contribution is 6.30. The fourth-order valence-corrected chi connectivity index (χ4v) is 0.111. The molecule has 0 aliphatic carbocycles. The maximum Gasteiger partial charge on any atom is 0.631 e. The molecule has 10 heteroatoms. The van der Waals surface area contributed by atoms with E-state index in [1.807, 2.05) is 0 Å². The molecule has 0 fully saturated rings. The van der Waals surface area contributed by atoms with Gasteiger partial charge >= 0.3 is 19.3 Å². The summed E-state index contributed by atoms with van der Waals surface area (Å²) >= 11 is 0. The predicted molar refractivity (Wildman–Crippen MR) is 33.2 cm³/mol. The molecule has 0 aromatic carbocycles. The van der Waals surface area contributed by atoms with Gasteiger partial charge in [-0.2, -0.15) is 4.89 Å². The first-order chi connectivity index (χ1) is 5.91. The number of alkyl halides is 1. The van der Waals surface area contributed by atoms with E-state index >= 15 is 0 Å². The Morgan fingerprint density at radius 2 is 1.69 bits per heavy atom. The predicted octanol–water partition coefficient (Wildman–Crippen LogP) is -2.58. The van der Waals surface area contributed by atoms with E-state index in [2.05, 4.69) is 9.78 Å². The van der Waals surface area contributed by atoms with Crippen LogP contribution in [0.1, 0.15) is 0 Å². The van der Waals surface area contributed by atoms with E-state index in [0.29, 0.717) is 0 Å². The van der Waals surface area contributed by atoms with Gasteiger partial charge in [0.25, 0.3) is 0 Å². The minimum absolute atomic E-state index is 1.36. The molecule has 0 bridgehead atoms. The number of halogens is 1. The van der Waals surface area contributed by atoms with Crippen molar-refractivity contribution in [3.8, 4) is 0 Å². The summed E-state index contributed by atoms with van der Waals surface area (Å²) < 4.78 is 10.9. The van der Waals surface area contributed by atoms with Crippen molar-refractivity contribution in [2.75, 3.05) is 6.86 Å². The Morgan fingerprint density at radius 1 is 1.31 bits per heavy atom. The number of aliphatic carboxylic acids is 1. The van der Waals surface area contributed by atoms with Gasteiger partial charge in [-0.1, -0.05) is 0 Å². The number of hydrogen-bond donors (Lipinski definition) is 4. The van der Waals surface area contributed by atoms with E-state index in [-0.39, 0.29) is 0 Å². The molecule has 0 radical (unpaired) electrons. The zero-order valence-corrected chi connectivity index (χ0v) is 6.08. The quantitative estimate of drug-likeness (QED) is 0.165. The van der Waals surface area contributed by atoms with Crippen LogP contribution >= 0.6 is 0 Å². The maximum atomic E-state index is 10.9. The van der Waals surface area contributed by atoms with Crippen LogP contribution in [0.4, 0.5) is 4.39 Å². The summed E-state index contributed by atoms with van der Waals surface area (Å²) in [4.78, 5) is 26.0. The molecule has 0 spiro atoms. The number of rotatable bonds is 2. The van der Waals surface area contributed by atoms with Gasteiger partial charge in [0.2, 0.25) is 6.86 Å². The standard InChI is InChI=1S/C3H3FO5.BH3O3/c4-1-8-9-3(7)2(5)6;2-1(3)4/h1H2,(H,5,6);2-4H. The van der Waals surface area contributed by atoms with Gasteiger partial charge < -0.3 is 20.2 Å². The second-order valence-electron chi connectivity index (χ2n) is 1.25. The lowest BCUT2D eigenvalue weighted by molar-refractivity contribution is -0.288. The third-order valence-electron chi connectivity index (χ3n) is 0.354. The van der Waals surface area contributed by atoms with E-state index in [9.17, 15) is 14.0 Å². The van der Waals surface area contributed by atoms with Crippen molar-refractivity contribution in [3.05, 3.63) is 0 Å². The summed E-state index contributed by atoms with van der Waals surface area (Å²) in [5.74, 6) is -3.48. The lowest BCUT2D eigenvalue weighted by Gasteiger charge is -1.92. The van der Waals surface area contributed by atoms with E-state index < -0.39 is 26.1 Å². The normalized spacial score (nSPS) is 8.00. The van der Waals surface area contributed by atoms with Gasteiger partial charge in [0.05, 0.1) is 0 Å². The average molecular weight is 200 g/mol. The second-order valence-corrected chi connectivity index (χ2v) is 1.25. The van der Waals surface area contributed by atoms with Crippen molar-refractivity contribution in [2.45, 2.75) is 0 Å². The smallest absolute Gasteiger partial charge is 0.473 e. The molecule has 0 aliphatic rings. The topological polar surface area (TPSA) is 134 Å². The fourth-order valence-electron chi connectivity index (χ4n) is 0.111. The molecule has 0 atom stereocenters. The highest BCUT2D eigenvalue weighted by atomic mass is 19.1. The average Bonchev–Trinajstić information content (AvgIpc) is 1.98. The maximum absolute atomic E-state index is 10.9. The summed E-state index contributed by atoms with van der Waals surface area (Å²) in [6, 6.07) is 0. The Morgan fingerprint density at radius 3 is 1.92 bits per heavy atom. The lowest BCUT2D eigenvalue weighted by atomic mass is 10.3. The highest BCUT2D eigenvalue weighted by Gasteiger charge is 2.13. The van der Waals surface area contributed by atoms with Gasteiger partial charge in [-0.3, -0.25) is 4.89 Å². The molecule has 0 aromatic heterocycles. The zero-order valence-electron chi connectivity index (χ0n) is 6.08. The summed E-state index contributed by atoms with van der Waals surface area (Å²) in [7, 11) is -2.17. The minimum atomic E-state index is -2.17. The van der Waals surface area contributed by atoms with Crippen molar-refractivity contribution < 1.29 is 43.9 Å². The van der Waals surface area contributed by atoms with Gasteiger partial charge in [0.1, 0.15) is 0 Å². The Balaban J connectivity index is 0. The number of carboxylic acids is 1. The van der Waals surface area contributed by atoms with Crippen LogP contribution < -0.4 is 0 Å². The Kier molecular flexibility index (Phi) is 9.76. The number of hydrogen-bond acceptors (Lipinski definition) is 7. The first-order valence-corrected chi connectivity index (χ1v) is 2.58. The molecule has 0 saturated heterocycles. The van der Waals surface area contributed by atoms with Gasteiger partial charge in [-0.25, -0.2) is 14.0 Å². The van der Waals surface area contributed by atoms with Crippen LogP contribution in [0.15, 0.2) is 0 Å². The minimum Gasteiger partial charge on any atom is -0.473 e. The molecule has 13 heavy (non-hydrogen) atoms. The van der Waals surface area contributed by atoms with Crippen LogP contribution in [0.3, 0.4) is 0 Å². The number of carbonyl (C=O) groups is 2. The Labute approximate surface area is 71.2 Å². The highest BCUT2D eigenvalue weighted by Crippen LogP contribution is 1.80. The molecule has 0 amide bonds. The van der Waals surface area contributed by atoms with Crippen LogP contribution in [0, 0.1) is 0 Å². The van der Waals surface area contributed by atoms with Crippen molar-refractivity contribution in [1.82, 2.24) is 0 Å². The molecule has 4 N–H and O–H groups in total. The van der Waals surface area contributed by atoms with Crippen LogP contribution in [0.25, 0.3) is 0 Å². The van der Waals surface area contributed by atoms with Crippen molar-refractivity contribution in [2.24, 2.45) is 0 Å². The monoisotopic (exact) mass is 200 g/mol. The molecule has 0 aliphatic heterocycles. The van der Waals surface area contributed by atoms with Crippen LogP contribution in [-0.2, 0) is 19.4 Å². The zero-order chi connectivity index (χ0) is 10.9. The van der Waals surface area contributed by atoms with Crippen molar-refractivity contribution >= 4 is 19.3 Å². The fraction of sp³-hybridized carbons (Fsp3) is 0.333. The van der Waals surface area contributed by atoms with E-state index in [4.69, 9.17) is 20.2 Å². The summed E-state index contributed by atoms with van der Waals surface area (Å²) in [5, 5.41) is 29.2. The Hall–Kier alpha value is -1.23. The molecule has 0 unspecified atom stereocenters. The Bertz CT molecular complexity index is 157. The van der Waals surface area contributed by atoms with Crippen LogP contribution in [0.2, 0.25) is 0 Å². The van der Waals surface area contributed by atoms with Crippen LogP contribution in [-0.4, -0.2) is 46.3 Å². The molecular formula is C3H6BFO8. The van der Waals surface area contributed by atoms with E-state index in [0.717, 1.165) is 0 Å². The molecule has 8 nitrogen and oxygen atoms in total. The third kappa shape index (κ3) is 18.1. The summed E-state index contributed by atoms with van der Waals surface area (Å²) in [6.07, 6.45) is 0. The molecule has 0 aromatic rings. The molecule has 0 heterocycles. The van der Waals surface area contributed by atoms with Crippen molar-refractivity contribution in [3.63, 3.8) is 0 Å². The SMILES string of the molecule is O=C(O)C(=O)OOCF.OB(O)O. The summed E-state index contributed by atoms with van der Waals surface area (Å²) in [6.45, 7) is -1.36. The third-order valence-corrected chi connectivity index (χ3v) is 0.354. The van der Waals surface area contributed by atoms with Crippen molar-refractivity contribution in [1.29, 1.82) is 0 Å². The van der Waals surface area contributed by atoms with Gasteiger partial charge in [-0.05, 0) is 0 Å². The molecule has 76 valence electrons. The van der Waals surface area contributed by atoms with E-state index in [1.165, 1.54) is 0 Å². The van der Waals surface area contributed by atoms with Gasteiger partial charge in [-0.15, -0.1) is 0 Å². The van der Waals surface area contributed by atoms with Gasteiger partial charge in [0, 0.05) is 0 Å². The first kappa shape index (κ1) is 14.3. The van der Waals surface area contributed by atoms with E-state index in [1.54, 1.807) is 0 Å². The molecular weight excluding hydrogens is 194 g/mol. The second kappa shape index (κ2) is 8.87. The lowest BCUT2D eigenvalue weighted by Crippen LogP contribution is -2.16. The molecule has 0 rings (SSSR count). The largest absolute Gasteiger partial charge is 0.631 e. The van der Waals surface area contributed by atoms with Gasteiger partial charge in [0.15, 0.2) is 0 Å². The molecule has 0 saturated carbocycles. The summed E-state index contributed by atoms with van der Waals surface area (Å²) in [5.41, 5.74) is 0.